The summed E-state index contributed by atoms with van der Waals surface area (Å²) in [5, 5.41) is 0. The minimum atomic E-state index is -0.117. The summed E-state index contributed by atoms with van der Waals surface area (Å²) in [6, 6.07) is 0. The fraction of sp³-hybridized carbons (Fsp3) is 0.857. The molecular weight excluding hydrogens is 114 g/mol. The molecule has 1 rings (SSSR count). The summed E-state index contributed by atoms with van der Waals surface area (Å²) in [5.74, 6) is 1.30. The number of amides is 1. The molecule has 0 radical (unpaired) electrons. The lowest BCUT2D eigenvalue weighted by Crippen LogP contribution is -2.15. The minimum absolute atomic E-state index is 0.117. The van der Waals surface area contributed by atoms with Crippen molar-refractivity contribution < 1.29 is 4.79 Å². The highest BCUT2D eigenvalue weighted by Gasteiger charge is 2.43. The number of nitrogens with two attached hydrogens (primary N) is 1. The zero-order valence-electron chi connectivity index (χ0n) is 5.92. The van der Waals surface area contributed by atoms with Gasteiger partial charge in [0.2, 0.25) is 5.91 Å². The number of primary amides is 1. The number of hydrogen-bond donors (Lipinski definition) is 1. The van der Waals surface area contributed by atoms with Gasteiger partial charge in [0.25, 0.3) is 0 Å². The number of carbonyl (C=O) groups excluding carboxylic acids is 1. The van der Waals surface area contributed by atoms with Crippen LogP contribution < -0.4 is 5.73 Å². The van der Waals surface area contributed by atoms with E-state index in [2.05, 4.69) is 13.8 Å². The van der Waals surface area contributed by atoms with Gasteiger partial charge in [0.15, 0.2) is 0 Å². The minimum Gasteiger partial charge on any atom is -0.369 e. The standard InChI is InChI=1S/C7H13NO/c1-4(2)5-3-6(5)7(8)9/h4-6H,3H2,1-2H3,(H2,8,9)/t5-,6?/m1/s1. The van der Waals surface area contributed by atoms with E-state index in [0.29, 0.717) is 11.8 Å². The first-order valence-electron chi connectivity index (χ1n) is 3.42. The average molecular weight is 127 g/mol. The first kappa shape index (κ1) is 6.59. The Morgan fingerprint density at radius 2 is 2.22 bits per heavy atom. The molecule has 0 spiro atoms. The predicted molar refractivity (Wildman–Crippen MR) is 35.6 cm³/mol. The van der Waals surface area contributed by atoms with E-state index in [4.69, 9.17) is 5.73 Å². The highest BCUT2D eigenvalue weighted by Crippen LogP contribution is 2.43. The second kappa shape index (κ2) is 2.01. The molecule has 2 heteroatoms. The molecular formula is C7H13NO. The fourth-order valence-corrected chi connectivity index (χ4v) is 1.28. The summed E-state index contributed by atoms with van der Waals surface area (Å²) in [6.07, 6.45) is 1.02. The van der Waals surface area contributed by atoms with Crippen LogP contribution in [0.2, 0.25) is 0 Å². The fourth-order valence-electron chi connectivity index (χ4n) is 1.28. The second-order valence-corrected chi connectivity index (χ2v) is 3.15. The van der Waals surface area contributed by atoms with Gasteiger partial charge in [0, 0.05) is 5.92 Å². The Morgan fingerprint density at radius 1 is 1.67 bits per heavy atom. The highest BCUT2D eigenvalue weighted by atomic mass is 16.1. The van der Waals surface area contributed by atoms with E-state index in [1.807, 2.05) is 0 Å². The van der Waals surface area contributed by atoms with Crippen LogP contribution in [0.1, 0.15) is 20.3 Å². The Hall–Kier alpha value is -0.530. The van der Waals surface area contributed by atoms with Gasteiger partial charge >= 0.3 is 0 Å². The van der Waals surface area contributed by atoms with Gasteiger partial charge in [-0.2, -0.15) is 0 Å². The average Bonchev–Trinajstić information content (AvgIpc) is 2.39. The van der Waals surface area contributed by atoms with Gasteiger partial charge in [-0.1, -0.05) is 13.8 Å². The van der Waals surface area contributed by atoms with Crippen molar-refractivity contribution in [1.29, 1.82) is 0 Å². The van der Waals surface area contributed by atoms with Gasteiger partial charge in [-0.15, -0.1) is 0 Å². The predicted octanol–water partition coefficient (Wildman–Crippen LogP) is 0.764. The molecule has 1 fully saturated rings. The SMILES string of the molecule is CC(C)[C@H]1CC1C(N)=O. The molecule has 0 bridgehead atoms. The van der Waals surface area contributed by atoms with E-state index in [1.54, 1.807) is 0 Å². The van der Waals surface area contributed by atoms with Gasteiger partial charge < -0.3 is 5.73 Å². The van der Waals surface area contributed by atoms with Gasteiger partial charge in [-0.05, 0) is 18.3 Å². The first-order chi connectivity index (χ1) is 4.13. The lowest BCUT2D eigenvalue weighted by molar-refractivity contribution is -0.119. The maximum absolute atomic E-state index is 10.5. The van der Waals surface area contributed by atoms with E-state index in [-0.39, 0.29) is 11.8 Å². The van der Waals surface area contributed by atoms with E-state index in [0.717, 1.165) is 6.42 Å². The summed E-state index contributed by atoms with van der Waals surface area (Å²) in [5.41, 5.74) is 5.09. The van der Waals surface area contributed by atoms with Crippen LogP contribution >= 0.6 is 0 Å². The third-order valence-corrected chi connectivity index (χ3v) is 2.06. The monoisotopic (exact) mass is 127 g/mol. The zero-order chi connectivity index (χ0) is 7.02. The van der Waals surface area contributed by atoms with E-state index in [1.165, 1.54) is 0 Å². The number of carbonyl (C=O) groups is 1. The second-order valence-electron chi connectivity index (χ2n) is 3.15. The zero-order valence-corrected chi connectivity index (χ0v) is 5.92. The smallest absolute Gasteiger partial charge is 0.220 e. The Kier molecular flexibility index (Phi) is 1.47. The van der Waals surface area contributed by atoms with Crippen LogP contribution in [0, 0.1) is 17.8 Å². The quantitative estimate of drug-likeness (QED) is 0.584. The summed E-state index contributed by atoms with van der Waals surface area (Å²) >= 11 is 0. The Morgan fingerprint density at radius 3 is 2.33 bits per heavy atom. The maximum Gasteiger partial charge on any atom is 0.220 e. The summed E-state index contributed by atoms with van der Waals surface area (Å²) in [7, 11) is 0. The third-order valence-electron chi connectivity index (χ3n) is 2.06. The molecule has 0 aromatic carbocycles. The van der Waals surface area contributed by atoms with Crippen LogP contribution in [-0.2, 0) is 4.79 Å². The van der Waals surface area contributed by atoms with Crippen molar-refractivity contribution in [2.45, 2.75) is 20.3 Å². The molecule has 2 atom stereocenters. The van der Waals surface area contributed by atoms with Crippen LogP contribution in [0.3, 0.4) is 0 Å². The molecule has 1 saturated carbocycles. The molecule has 9 heavy (non-hydrogen) atoms. The summed E-state index contributed by atoms with van der Waals surface area (Å²) in [6.45, 7) is 4.27. The third kappa shape index (κ3) is 1.23. The van der Waals surface area contributed by atoms with Crippen molar-refractivity contribution in [1.82, 2.24) is 0 Å². The molecule has 0 aromatic rings. The van der Waals surface area contributed by atoms with Gasteiger partial charge in [-0.3, -0.25) is 4.79 Å². The molecule has 2 N–H and O–H groups in total. The van der Waals surface area contributed by atoms with Crippen molar-refractivity contribution in [3.8, 4) is 0 Å². The largest absolute Gasteiger partial charge is 0.369 e. The van der Waals surface area contributed by atoms with E-state index < -0.39 is 0 Å². The van der Waals surface area contributed by atoms with Crippen molar-refractivity contribution in [2.75, 3.05) is 0 Å². The summed E-state index contributed by atoms with van der Waals surface area (Å²) < 4.78 is 0. The van der Waals surface area contributed by atoms with Crippen molar-refractivity contribution in [3.63, 3.8) is 0 Å². The van der Waals surface area contributed by atoms with E-state index in [9.17, 15) is 4.79 Å². The first-order valence-corrected chi connectivity index (χ1v) is 3.42. The molecule has 1 aliphatic carbocycles. The lowest BCUT2D eigenvalue weighted by atomic mass is 10.1. The summed E-state index contributed by atoms with van der Waals surface area (Å²) in [4.78, 5) is 10.5. The molecule has 52 valence electrons. The van der Waals surface area contributed by atoms with Gasteiger partial charge in [-0.25, -0.2) is 0 Å². The van der Waals surface area contributed by atoms with Gasteiger partial charge in [0.05, 0.1) is 0 Å². The molecule has 2 nitrogen and oxygen atoms in total. The molecule has 0 aromatic heterocycles. The van der Waals surface area contributed by atoms with Gasteiger partial charge in [0.1, 0.15) is 0 Å². The maximum atomic E-state index is 10.5. The van der Waals surface area contributed by atoms with Crippen molar-refractivity contribution in [3.05, 3.63) is 0 Å². The molecule has 1 amide bonds. The molecule has 0 heterocycles. The van der Waals surface area contributed by atoms with Crippen LogP contribution in [0.5, 0.6) is 0 Å². The van der Waals surface area contributed by atoms with Crippen LogP contribution in [0.25, 0.3) is 0 Å². The number of hydrogen-bond acceptors (Lipinski definition) is 1. The lowest BCUT2D eigenvalue weighted by Gasteiger charge is -1.98. The number of rotatable bonds is 2. The van der Waals surface area contributed by atoms with Crippen LogP contribution in [-0.4, -0.2) is 5.91 Å². The molecule has 0 aliphatic heterocycles. The Labute approximate surface area is 55.4 Å². The van der Waals surface area contributed by atoms with Crippen LogP contribution in [0.4, 0.5) is 0 Å². The van der Waals surface area contributed by atoms with Crippen LogP contribution in [0.15, 0.2) is 0 Å². The van der Waals surface area contributed by atoms with E-state index >= 15 is 0 Å². The molecule has 1 unspecified atom stereocenters. The molecule has 0 saturated heterocycles. The Bertz CT molecular complexity index is 131. The topological polar surface area (TPSA) is 43.1 Å². The van der Waals surface area contributed by atoms with Crippen molar-refractivity contribution in [2.24, 2.45) is 23.5 Å². The normalized spacial score (nSPS) is 32.8. The molecule has 1 aliphatic rings. The highest BCUT2D eigenvalue weighted by molar-refractivity contribution is 5.79. The Balaban J connectivity index is 2.33. The van der Waals surface area contributed by atoms with Crippen molar-refractivity contribution >= 4 is 5.91 Å².